The van der Waals surface area contributed by atoms with E-state index in [1.807, 2.05) is 0 Å². The molecule has 0 aromatic heterocycles. The van der Waals surface area contributed by atoms with Crippen molar-refractivity contribution in [1.82, 2.24) is 10.2 Å². The predicted molar refractivity (Wildman–Crippen MR) is 63.1 cm³/mol. The molecule has 0 saturated carbocycles. The first kappa shape index (κ1) is 14.8. The quantitative estimate of drug-likeness (QED) is 0.585. The molecule has 2 N–H and O–H groups in total. The van der Waals surface area contributed by atoms with E-state index in [0.29, 0.717) is 6.04 Å². The minimum Gasteiger partial charge on any atom is -0.395 e. The normalized spacial score (nSPS) is 13.8. The Morgan fingerprint density at radius 1 is 1.40 bits per heavy atom. The van der Waals surface area contributed by atoms with Gasteiger partial charge in [0.25, 0.3) is 0 Å². The monoisotopic (exact) mass is 218 g/mol. The molecule has 0 aromatic carbocycles. The minimum absolute atomic E-state index is 0.154. The number of aliphatic hydroxyl groups excluding tert-OH is 1. The van der Waals surface area contributed by atoms with E-state index in [1.54, 1.807) is 7.11 Å². The van der Waals surface area contributed by atoms with Crippen molar-refractivity contribution in [3.05, 3.63) is 0 Å². The van der Waals surface area contributed by atoms with Crippen LogP contribution in [0.4, 0.5) is 0 Å². The van der Waals surface area contributed by atoms with Gasteiger partial charge in [-0.2, -0.15) is 0 Å². The zero-order chi connectivity index (χ0) is 11.7. The molecule has 0 radical (unpaired) electrons. The van der Waals surface area contributed by atoms with E-state index in [2.05, 4.69) is 31.0 Å². The lowest BCUT2D eigenvalue weighted by atomic mass is 10.2. The summed E-state index contributed by atoms with van der Waals surface area (Å²) in [4.78, 5) is 2.28. The van der Waals surface area contributed by atoms with Crippen molar-refractivity contribution in [2.24, 2.45) is 0 Å². The van der Waals surface area contributed by atoms with Gasteiger partial charge in [-0.3, -0.25) is 4.90 Å². The maximum Gasteiger partial charge on any atom is 0.0597 e. The number of nitrogens with zero attached hydrogens (tertiary/aromatic N) is 1. The van der Waals surface area contributed by atoms with E-state index in [4.69, 9.17) is 4.74 Å². The Labute approximate surface area is 93.6 Å². The van der Waals surface area contributed by atoms with Gasteiger partial charge < -0.3 is 15.2 Å². The first-order valence-electron chi connectivity index (χ1n) is 5.72. The second kappa shape index (κ2) is 9.09. The number of hydrogen-bond acceptors (Lipinski definition) is 4. The van der Waals surface area contributed by atoms with Gasteiger partial charge in [0.1, 0.15) is 0 Å². The second-order valence-electron chi connectivity index (χ2n) is 4.09. The maximum absolute atomic E-state index is 9.22. The van der Waals surface area contributed by atoms with Gasteiger partial charge >= 0.3 is 0 Å². The molecule has 0 aromatic rings. The number of aliphatic hydroxyl groups is 1. The van der Waals surface area contributed by atoms with Crippen molar-refractivity contribution in [2.45, 2.75) is 32.9 Å². The lowest BCUT2D eigenvalue weighted by Crippen LogP contribution is -2.46. The van der Waals surface area contributed by atoms with Crippen LogP contribution in [0.15, 0.2) is 0 Å². The average molecular weight is 218 g/mol. The molecule has 4 heteroatoms. The number of likely N-dealkylation sites (N-methyl/N-ethyl adjacent to an activating group) is 1. The summed E-state index contributed by atoms with van der Waals surface area (Å²) in [7, 11) is 1.71. The van der Waals surface area contributed by atoms with Crippen LogP contribution < -0.4 is 5.32 Å². The Morgan fingerprint density at radius 3 is 2.47 bits per heavy atom. The van der Waals surface area contributed by atoms with Crippen LogP contribution in [0.2, 0.25) is 0 Å². The lowest BCUT2D eigenvalue weighted by Gasteiger charge is -2.27. The fourth-order valence-corrected chi connectivity index (χ4v) is 1.55. The largest absolute Gasteiger partial charge is 0.395 e. The molecule has 4 nitrogen and oxygen atoms in total. The van der Waals surface area contributed by atoms with E-state index in [-0.39, 0.29) is 12.6 Å². The van der Waals surface area contributed by atoms with Gasteiger partial charge in [-0.1, -0.05) is 20.8 Å². The minimum atomic E-state index is 0.154. The van der Waals surface area contributed by atoms with Crippen molar-refractivity contribution >= 4 is 0 Å². The molecule has 0 heterocycles. The maximum atomic E-state index is 9.22. The third kappa shape index (κ3) is 7.73. The van der Waals surface area contributed by atoms with Crippen molar-refractivity contribution in [3.63, 3.8) is 0 Å². The van der Waals surface area contributed by atoms with Crippen LogP contribution in [-0.2, 0) is 4.74 Å². The molecule has 1 atom stereocenters. The molecule has 0 bridgehead atoms. The summed E-state index contributed by atoms with van der Waals surface area (Å²) in [5.74, 6) is 0. The molecule has 0 spiro atoms. The summed E-state index contributed by atoms with van der Waals surface area (Å²) in [6.07, 6.45) is 0. The van der Waals surface area contributed by atoms with Gasteiger partial charge in [0, 0.05) is 32.3 Å². The molecule has 92 valence electrons. The molecule has 0 aliphatic carbocycles. The van der Waals surface area contributed by atoms with Crippen LogP contribution in [0.1, 0.15) is 20.8 Å². The van der Waals surface area contributed by atoms with Crippen LogP contribution >= 0.6 is 0 Å². The van der Waals surface area contributed by atoms with Crippen molar-refractivity contribution in [2.75, 3.05) is 40.0 Å². The average Bonchev–Trinajstić information content (AvgIpc) is 2.21. The van der Waals surface area contributed by atoms with Crippen LogP contribution in [-0.4, -0.2) is 62.0 Å². The van der Waals surface area contributed by atoms with Crippen molar-refractivity contribution in [1.29, 1.82) is 0 Å². The molecule has 0 saturated heterocycles. The second-order valence-corrected chi connectivity index (χ2v) is 4.09. The smallest absolute Gasteiger partial charge is 0.0597 e. The third-order valence-corrected chi connectivity index (χ3v) is 2.33. The van der Waals surface area contributed by atoms with Crippen LogP contribution in [0, 0.1) is 0 Å². The van der Waals surface area contributed by atoms with E-state index in [9.17, 15) is 5.11 Å². The first-order chi connectivity index (χ1) is 7.13. The number of rotatable bonds is 9. The van der Waals surface area contributed by atoms with Crippen molar-refractivity contribution in [3.8, 4) is 0 Å². The van der Waals surface area contributed by atoms with E-state index < -0.39 is 0 Å². The summed E-state index contributed by atoms with van der Waals surface area (Å²) in [6, 6.07) is 0.560. The van der Waals surface area contributed by atoms with E-state index in [1.165, 1.54) is 0 Å². The highest BCUT2D eigenvalue weighted by Gasteiger charge is 2.12. The van der Waals surface area contributed by atoms with Crippen LogP contribution in [0.3, 0.4) is 0 Å². The van der Waals surface area contributed by atoms with Gasteiger partial charge in [0.15, 0.2) is 0 Å². The standard InChI is InChI=1S/C11H26N2O2/c1-5-13(6-7-15-4)8-11(9-14)12-10(2)3/h10-12,14H,5-9H2,1-4H3. The molecule has 15 heavy (non-hydrogen) atoms. The van der Waals surface area contributed by atoms with Gasteiger partial charge in [-0.25, -0.2) is 0 Å². The Hall–Kier alpha value is -0.160. The SMILES string of the molecule is CCN(CCOC)CC(CO)NC(C)C. The third-order valence-electron chi connectivity index (χ3n) is 2.33. The zero-order valence-electron chi connectivity index (χ0n) is 10.5. The lowest BCUT2D eigenvalue weighted by molar-refractivity contribution is 0.129. The van der Waals surface area contributed by atoms with Gasteiger partial charge in [-0.15, -0.1) is 0 Å². The highest BCUT2D eigenvalue weighted by molar-refractivity contribution is 4.72. The fourth-order valence-electron chi connectivity index (χ4n) is 1.55. The Kier molecular flexibility index (Phi) is 9.00. The molecule has 1 unspecified atom stereocenters. The van der Waals surface area contributed by atoms with Gasteiger partial charge in [-0.05, 0) is 6.54 Å². The Balaban J connectivity index is 3.88. The molecule has 0 aliphatic heterocycles. The topological polar surface area (TPSA) is 44.7 Å². The van der Waals surface area contributed by atoms with Crippen LogP contribution in [0.25, 0.3) is 0 Å². The van der Waals surface area contributed by atoms with E-state index in [0.717, 1.165) is 26.2 Å². The van der Waals surface area contributed by atoms with Gasteiger partial charge in [0.2, 0.25) is 0 Å². The Morgan fingerprint density at radius 2 is 2.07 bits per heavy atom. The first-order valence-corrected chi connectivity index (χ1v) is 5.72. The number of ether oxygens (including phenoxy) is 1. The molecule has 0 rings (SSSR count). The summed E-state index contributed by atoms with van der Waals surface area (Å²) in [5, 5.41) is 12.6. The molecule has 0 fully saturated rings. The molecular weight excluding hydrogens is 192 g/mol. The zero-order valence-corrected chi connectivity index (χ0v) is 10.5. The van der Waals surface area contributed by atoms with E-state index >= 15 is 0 Å². The Bertz CT molecular complexity index is 143. The highest BCUT2D eigenvalue weighted by Crippen LogP contribution is 1.94. The summed E-state index contributed by atoms with van der Waals surface area (Å²) in [6.45, 7) is 10.0. The number of hydrogen-bond donors (Lipinski definition) is 2. The summed E-state index contributed by atoms with van der Waals surface area (Å²) < 4.78 is 5.05. The summed E-state index contributed by atoms with van der Waals surface area (Å²) in [5.41, 5.74) is 0. The van der Waals surface area contributed by atoms with Gasteiger partial charge in [0.05, 0.1) is 13.2 Å². The fraction of sp³-hybridized carbons (Fsp3) is 1.00. The van der Waals surface area contributed by atoms with Crippen LogP contribution in [0.5, 0.6) is 0 Å². The molecule has 0 aliphatic rings. The molecular formula is C11H26N2O2. The van der Waals surface area contributed by atoms with Crippen molar-refractivity contribution < 1.29 is 9.84 Å². The highest BCUT2D eigenvalue weighted by atomic mass is 16.5. The number of methoxy groups -OCH3 is 1. The predicted octanol–water partition coefficient (Wildman–Crippen LogP) is 0.314. The number of nitrogens with one attached hydrogen (secondary N) is 1. The summed E-state index contributed by atoms with van der Waals surface area (Å²) >= 11 is 0. The molecule has 0 amide bonds.